The van der Waals surface area contributed by atoms with E-state index >= 15 is 0 Å². The van der Waals surface area contributed by atoms with Crippen molar-refractivity contribution in [1.82, 2.24) is 14.7 Å². The summed E-state index contributed by atoms with van der Waals surface area (Å²) in [5, 5.41) is 4.73. The van der Waals surface area contributed by atoms with Crippen molar-refractivity contribution in [3.8, 4) is 0 Å². The zero-order valence-electron chi connectivity index (χ0n) is 12.2. The predicted molar refractivity (Wildman–Crippen MR) is 84.2 cm³/mol. The van der Waals surface area contributed by atoms with Crippen LogP contribution in [0.4, 0.5) is 0 Å². The summed E-state index contributed by atoms with van der Waals surface area (Å²) in [5.74, 6) is 0.148. The van der Waals surface area contributed by atoms with Gasteiger partial charge in [0.2, 0.25) is 0 Å². The molecule has 1 aliphatic rings. The third kappa shape index (κ3) is 2.90. The zero-order valence-corrected chi connectivity index (χ0v) is 13.0. The molecule has 1 aromatic heterocycles. The molecular weight excluding hydrogens is 302 g/mol. The summed E-state index contributed by atoms with van der Waals surface area (Å²) in [6, 6.07) is 10.6. The average molecular weight is 318 g/mol. The van der Waals surface area contributed by atoms with Crippen molar-refractivity contribution in [2.75, 3.05) is 13.1 Å². The highest BCUT2D eigenvalue weighted by atomic mass is 35.5. The normalized spacial score (nSPS) is 17.7. The van der Waals surface area contributed by atoms with Crippen LogP contribution in [0, 0.1) is 0 Å². The Hall–Kier alpha value is -2.14. The number of likely N-dealkylation sites (tertiary alicyclic amines) is 1. The Morgan fingerprint density at radius 1 is 1.32 bits per heavy atom. The minimum Gasteiger partial charge on any atom is -0.337 e. The van der Waals surface area contributed by atoms with E-state index in [1.165, 1.54) is 23.9 Å². The summed E-state index contributed by atoms with van der Waals surface area (Å²) >= 11 is 6.03. The Kier molecular flexibility index (Phi) is 3.98. The molecule has 1 aromatic carbocycles. The lowest BCUT2D eigenvalue weighted by Crippen LogP contribution is -2.31. The molecule has 3 rings (SSSR count). The second-order valence-electron chi connectivity index (χ2n) is 5.47. The summed E-state index contributed by atoms with van der Waals surface area (Å²) in [7, 11) is 1.54. The highest BCUT2D eigenvalue weighted by Crippen LogP contribution is 2.29. The van der Waals surface area contributed by atoms with Gasteiger partial charge in [-0.25, -0.2) is 4.68 Å². The predicted octanol–water partition coefficient (Wildman–Crippen LogP) is 2.06. The third-order valence-electron chi connectivity index (χ3n) is 3.98. The summed E-state index contributed by atoms with van der Waals surface area (Å²) in [6.07, 6.45) is 0.901. The van der Waals surface area contributed by atoms with Gasteiger partial charge in [-0.2, -0.15) is 5.10 Å². The molecular formula is C16H16ClN3O2. The molecule has 0 N–H and O–H groups in total. The first-order valence-corrected chi connectivity index (χ1v) is 7.51. The van der Waals surface area contributed by atoms with Gasteiger partial charge in [0.25, 0.3) is 11.5 Å². The average Bonchev–Trinajstić information content (AvgIpc) is 2.99. The van der Waals surface area contributed by atoms with Crippen molar-refractivity contribution in [1.29, 1.82) is 0 Å². The van der Waals surface area contributed by atoms with E-state index in [2.05, 4.69) is 5.10 Å². The number of aromatic nitrogens is 2. The molecule has 114 valence electrons. The van der Waals surface area contributed by atoms with Crippen LogP contribution < -0.4 is 5.56 Å². The molecule has 5 nitrogen and oxygen atoms in total. The molecule has 0 bridgehead atoms. The summed E-state index contributed by atoms with van der Waals surface area (Å²) < 4.78 is 1.18. The highest BCUT2D eigenvalue weighted by molar-refractivity contribution is 6.30. The molecule has 0 saturated carbocycles. The van der Waals surface area contributed by atoms with Crippen LogP contribution in [0.25, 0.3) is 0 Å². The number of aryl methyl sites for hydroxylation is 1. The van der Waals surface area contributed by atoms with E-state index < -0.39 is 0 Å². The maximum Gasteiger partial charge on any atom is 0.274 e. The van der Waals surface area contributed by atoms with Crippen LogP contribution in [0.5, 0.6) is 0 Å². The SMILES string of the molecule is Cn1nc(C(=O)N2CCC(c3cccc(Cl)c3)C2)ccc1=O. The Morgan fingerprint density at radius 2 is 2.14 bits per heavy atom. The van der Waals surface area contributed by atoms with E-state index in [0.717, 1.165) is 12.0 Å². The number of carbonyl (C=O) groups excluding carboxylic acids is 1. The van der Waals surface area contributed by atoms with Crippen LogP contribution in [0.3, 0.4) is 0 Å². The summed E-state index contributed by atoms with van der Waals surface area (Å²) in [5.41, 5.74) is 1.22. The Labute approximate surface area is 133 Å². The van der Waals surface area contributed by atoms with Gasteiger partial charge in [-0.15, -0.1) is 0 Å². The Balaban J connectivity index is 1.76. The van der Waals surface area contributed by atoms with E-state index in [9.17, 15) is 9.59 Å². The van der Waals surface area contributed by atoms with E-state index in [1.54, 1.807) is 4.90 Å². The molecule has 2 heterocycles. The molecule has 22 heavy (non-hydrogen) atoms. The number of carbonyl (C=O) groups is 1. The number of benzene rings is 1. The first-order valence-electron chi connectivity index (χ1n) is 7.13. The molecule has 1 unspecified atom stereocenters. The fourth-order valence-electron chi connectivity index (χ4n) is 2.76. The van der Waals surface area contributed by atoms with Gasteiger partial charge in [-0.3, -0.25) is 9.59 Å². The first-order chi connectivity index (χ1) is 10.5. The van der Waals surface area contributed by atoms with Crippen molar-refractivity contribution in [3.05, 3.63) is 63.0 Å². The number of rotatable bonds is 2. The van der Waals surface area contributed by atoms with Gasteiger partial charge >= 0.3 is 0 Å². The van der Waals surface area contributed by atoms with Crippen LogP contribution >= 0.6 is 11.6 Å². The van der Waals surface area contributed by atoms with E-state index in [0.29, 0.717) is 23.8 Å². The van der Waals surface area contributed by atoms with E-state index in [1.807, 2.05) is 24.3 Å². The maximum absolute atomic E-state index is 12.5. The van der Waals surface area contributed by atoms with Gasteiger partial charge in [-0.05, 0) is 30.2 Å². The van der Waals surface area contributed by atoms with Gasteiger partial charge in [0.15, 0.2) is 0 Å². The lowest BCUT2D eigenvalue weighted by molar-refractivity contribution is 0.0782. The molecule has 0 spiro atoms. The second kappa shape index (κ2) is 5.93. The molecule has 6 heteroatoms. The topological polar surface area (TPSA) is 55.2 Å². The van der Waals surface area contributed by atoms with Crippen LogP contribution in [-0.2, 0) is 7.05 Å². The molecule has 1 saturated heterocycles. The van der Waals surface area contributed by atoms with Crippen molar-refractivity contribution in [2.24, 2.45) is 7.05 Å². The number of hydrogen-bond donors (Lipinski definition) is 0. The Morgan fingerprint density at radius 3 is 2.86 bits per heavy atom. The molecule has 2 aromatic rings. The zero-order chi connectivity index (χ0) is 15.7. The second-order valence-corrected chi connectivity index (χ2v) is 5.91. The number of halogens is 1. The highest BCUT2D eigenvalue weighted by Gasteiger charge is 2.28. The molecule has 1 amide bonds. The lowest BCUT2D eigenvalue weighted by Gasteiger charge is -2.16. The van der Waals surface area contributed by atoms with Gasteiger partial charge in [0.1, 0.15) is 5.69 Å². The number of amides is 1. The van der Waals surface area contributed by atoms with Crippen LogP contribution in [0.1, 0.15) is 28.4 Å². The maximum atomic E-state index is 12.5. The number of nitrogens with zero attached hydrogens (tertiary/aromatic N) is 3. The molecule has 0 radical (unpaired) electrons. The molecule has 1 aliphatic heterocycles. The van der Waals surface area contributed by atoms with Crippen LogP contribution in [-0.4, -0.2) is 33.7 Å². The molecule has 0 aliphatic carbocycles. The van der Waals surface area contributed by atoms with Gasteiger partial charge < -0.3 is 4.90 Å². The van der Waals surface area contributed by atoms with Crippen molar-refractivity contribution < 1.29 is 4.79 Å². The largest absolute Gasteiger partial charge is 0.337 e. The van der Waals surface area contributed by atoms with Gasteiger partial charge in [0.05, 0.1) is 0 Å². The molecule has 1 fully saturated rings. The van der Waals surface area contributed by atoms with E-state index in [4.69, 9.17) is 11.6 Å². The summed E-state index contributed by atoms with van der Waals surface area (Å²) in [4.78, 5) is 25.6. The van der Waals surface area contributed by atoms with Gasteiger partial charge in [-0.1, -0.05) is 23.7 Å². The van der Waals surface area contributed by atoms with Crippen molar-refractivity contribution in [3.63, 3.8) is 0 Å². The Bertz CT molecular complexity index is 772. The van der Waals surface area contributed by atoms with Crippen LogP contribution in [0.2, 0.25) is 5.02 Å². The first kappa shape index (κ1) is 14.8. The summed E-state index contributed by atoms with van der Waals surface area (Å²) in [6.45, 7) is 1.32. The third-order valence-corrected chi connectivity index (χ3v) is 4.21. The number of hydrogen-bond acceptors (Lipinski definition) is 3. The van der Waals surface area contributed by atoms with Gasteiger partial charge in [0, 0.05) is 37.1 Å². The van der Waals surface area contributed by atoms with Crippen LogP contribution in [0.15, 0.2) is 41.2 Å². The minimum atomic E-state index is -0.227. The molecule has 1 atom stereocenters. The lowest BCUT2D eigenvalue weighted by atomic mass is 9.99. The quantitative estimate of drug-likeness (QED) is 0.852. The fourth-order valence-corrected chi connectivity index (χ4v) is 2.95. The smallest absolute Gasteiger partial charge is 0.274 e. The monoisotopic (exact) mass is 317 g/mol. The standard InChI is InChI=1S/C16H16ClN3O2/c1-19-15(21)6-5-14(18-19)16(22)20-8-7-12(10-20)11-3-2-4-13(17)9-11/h2-6,9,12H,7-8,10H2,1H3. The van der Waals surface area contributed by atoms with Crippen molar-refractivity contribution >= 4 is 17.5 Å². The fraction of sp³-hybridized carbons (Fsp3) is 0.312. The van der Waals surface area contributed by atoms with Crippen molar-refractivity contribution in [2.45, 2.75) is 12.3 Å². The minimum absolute atomic E-state index is 0.139. The van der Waals surface area contributed by atoms with E-state index in [-0.39, 0.29) is 17.4 Å².